The molecule has 0 aliphatic heterocycles. The van der Waals surface area contributed by atoms with Crippen molar-refractivity contribution in [2.24, 2.45) is 0 Å². The highest BCUT2D eigenvalue weighted by atomic mass is 19.1. The highest BCUT2D eigenvalue weighted by Crippen LogP contribution is 2.06. The minimum absolute atomic E-state index is 0.181. The molecule has 0 aromatic heterocycles. The van der Waals surface area contributed by atoms with Crippen LogP contribution < -0.4 is 10.6 Å². The third-order valence-corrected chi connectivity index (χ3v) is 2.96. The maximum absolute atomic E-state index is 13.3. The standard InChI is InChI=1S/C14H21FN2O/c1-3-12(4-2)17-14(18)16-10-9-11-7-5-6-8-13(11)15/h5-8,12H,3-4,9-10H2,1-2H3,(H2,16,17,18). The Labute approximate surface area is 108 Å². The fourth-order valence-corrected chi connectivity index (χ4v) is 1.74. The zero-order valence-corrected chi connectivity index (χ0v) is 11.0. The summed E-state index contributed by atoms with van der Waals surface area (Å²) in [5.41, 5.74) is 0.625. The quantitative estimate of drug-likeness (QED) is 0.803. The van der Waals surface area contributed by atoms with Gasteiger partial charge in [-0.15, -0.1) is 0 Å². The number of rotatable bonds is 6. The molecule has 4 heteroatoms. The number of carbonyl (C=O) groups excluding carboxylic acids is 1. The predicted molar refractivity (Wildman–Crippen MR) is 71.0 cm³/mol. The van der Waals surface area contributed by atoms with Crippen molar-refractivity contribution in [2.45, 2.75) is 39.2 Å². The lowest BCUT2D eigenvalue weighted by Gasteiger charge is -2.15. The largest absolute Gasteiger partial charge is 0.338 e. The van der Waals surface area contributed by atoms with E-state index in [1.165, 1.54) is 6.07 Å². The first-order valence-corrected chi connectivity index (χ1v) is 6.45. The van der Waals surface area contributed by atoms with Crippen LogP contribution in [0.5, 0.6) is 0 Å². The van der Waals surface area contributed by atoms with Crippen LogP contribution in [0, 0.1) is 5.82 Å². The van der Waals surface area contributed by atoms with Crippen molar-refractivity contribution in [2.75, 3.05) is 6.54 Å². The van der Waals surface area contributed by atoms with Gasteiger partial charge in [-0.1, -0.05) is 32.0 Å². The van der Waals surface area contributed by atoms with E-state index in [2.05, 4.69) is 10.6 Å². The summed E-state index contributed by atoms with van der Waals surface area (Å²) < 4.78 is 13.3. The van der Waals surface area contributed by atoms with Crippen LogP contribution in [0.25, 0.3) is 0 Å². The fraction of sp³-hybridized carbons (Fsp3) is 0.500. The van der Waals surface area contributed by atoms with E-state index in [-0.39, 0.29) is 17.9 Å². The molecule has 1 rings (SSSR count). The van der Waals surface area contributed by atoms with Crippen molar-refractivity contribution in [3.05, 3.63) is 35.6 Å². The molecule has 0 radical (unpaired) electrons. The highest BCUT2D eigenvalue weighted by Gasteiger charge is 2.07. The Morgan fingerprint density at radius 2 is 1.94 bits per heavy atom. The number of amides is 2. The van der Waals surface area contributed by atoms with Crippen molar-refractivity contribution in [3.63, 3.8) is 0 Å². The number of halogens is 1. The van der Waals surface area contributed by atoms with E-state index in [0.717, 1.165) is 12.8 Å². The summed E-state index contributed by atoms with van der Waals surface area (Å²) in [4.78, 5) is 11.5. The Morgan fingerprint density at radius 3 is 2.56 bits per heavy atom. The summed E-state index contributed by atoms with van der Waals surface area (Å²) in [6.45, 7) is 4.51. The Hall–Kier alpha value is -1.58. The van der Waals surface area contributed by atoms with E-state index < -0.39 is 0 Å². The molecular weight excluding hydrogens is 231 g/mol. The van der Waals surface area contributed by atoms with E-state index in [9.17, 15) is 9.18 Å². The molecule has 2 amide bonds. The molecule has 0 spiro atoms. The first-order chi connectivity index (χ1) is 8.67. The monoisotopic (exact) mass is 252 g/mol. The molecule has 18 heavy (non-hydrogen) atoms. The van der Waals surface area contributed by atoms with Gasteiger partial charge in [0.2, 0.25) is 0 Å². The van der Waals surface area contributed by atoms with Crippen LogP contribution in [-0.2, 0) is 6.42 Å². The predicted octanol–water partition coefficient (Wildman–Crippen LogP) is 2.86. The molecule has 1 aromatic carbocycles. The van der Waals surface area contributed by atoms with Gasteiger partial charge in [0.15, 0.2) is 0 Å². The Kier molecular flexibility index (Phi) is 6.19. The minimum Gasteiger partial charge on any atom is -0.338 e. The van der Waals surface area contributed by atoms with E-state index in [0.29, 0.717) is 18.5 Å². The van der Waals surface area contributed by atoms with Gasteiger partial charge in [-0.2, -0.15) is 0 Å². The Balaban J connectivity index is 2.29. The van der Waals surface area contributed by atoms with E-state index in [4.69, 9.17) is 0 Å². The average molecular weight is 252 g/mol. The van der Waals surface area contributed by atoms with E-state index in [1.807, 2.05) is 13.8 Å². The maximum atomic E-state index is 13.3. The molecular formula is C14H21FN2O. The van der Waals surface area contributed by atoms with Crippen molar-refractivity contribution in [1.82, 2.24) is 10.6 Å². The van der Waals surface area contributed by atoms with Crippen LogP contribution in [0.2, 0.25) is 0 Å². The first kappa shape index (κ1) is 14.5. The second-order valence-electron chi connectivity index (χ2n) is 4.26. The molecule has 0 bridgehead atoms. The third-order valence-electron chi connectivity index (χ3n) is 2.96. The fourth-order valence-electron chi connectivity index (χ4n) is 1.74. The van der Waals surface area contributed by atoms with Gasteiger partial charge < -0.3 is 10.6 Å². The summed E-state index contributed by atoms with van der Waals surface area (Å²) in [5.74, 6) is -0.222. The van der Waals surface area contributed by atoms with Crippen LogP contribution in [0.3, 0.4) is 0 Å². The number of urea groups is 1. The van der Waals surface area contributed by atoms with Crippen molar-refractivity contribution in [1.29, 1.82) is 0 Å². The normalized spacial score (nSPS) is 10.4. The number of hydrogen-bond donors (Lipinski definition) is 2. The zero-order chi connectivity index (χ0) is 13.4. The summed E-state index contributed by atoms with van der Waals surface area (Å²) in [5, 5.41) is 5.61. The van der Waals surface area contributed by atoms with Crippen LogP contribution >= 0.6 is 0 Å². The smallest absolute Gasteiger partial charge is 0.315 e. The molecule has 2 N–H and O–H groups in total. The van der Waals surface area contributed by atoms with Crippen LogP contribution in [-0.4, -0.2) is 18.6 Å². The Morgan fingerprint density at radius 1 is 1.28 bits per heavy atom. The zero-order valence-electron chi connectivity index (χ0n) is 11.0. The molecule has 0 heterocycles. The van der Waals surface area contributed by atoms with Gasteiger partial charge >= 0.3 is 6.03 Å². The number of nitrogens with one attached hydrogen (secondary N) is 2. The van der Waals surface area contributed by atoms with Crippen molar-refractivity contribution < 1.29 is 9.18 Å². The lowest BCUT2D eigenvalue weighted by atomic mass is 10.1. The molecule has 100 valence electrons. The van der Waals surface area contributed by atoms with Gasteiger partial charge in [-0.05, 0) is 30.9 Å². The summed E-state index contributed by atoms with van der Waals surface area (Å²) in [7, 11) is 0. The van der Waals surface area contributed by atoms with Gasteiger partial charge in [0.05, 0.1) is 0 Å². The summed E-state index contributed by atoms with van der Waals surface area (Å²) >= 11 is 0. The first-order valence-electron chi connectivity index (χ1n) is 6.45. The third kappa shape index (κ3) is 4.73. The van der Waals surface area contributed by atoms with Crippen LogP contribution in [0.15, 0.2) is 24.3 Å². The lowest BCUT2D eigenvalue weighted by molar-refractivity contribution is 0.236. The van der Waals surface area contributed by atoms with Gasteiger partial charge in [-0.3, -0.25) is 0 Å². The van der Waals surface area contributed by atoms with Gasteiger partial charge in [0, 0.05) is 12.6 Å². The van der Waals surface area contributed by atoms with Gasteiger partial charge in [0.1, 0.15) is 5.82 Å². The molecule has 0 aliphatic rings. The number of benzene rings is 1. The van der Waals surface area contributed by atoms with Crippen molar-refractivity contribution >= 4 is 6.03 Å². The molecule has 0 saturated carbocycles. The van der Waals surface area contributed by atoms with Crippen molar-refractivity contribution in [3.8, 4) is 0 Å². The van der Waals surface area contributed by atoms with Gasteiger partial charge in [0.25, 0.3) is 0 Å². The van der Waals surface area contributed by atoms with Gasteiger partial charge in [-0.25, -0.2) is 9.18 Å². The molecule has 1 aromatic rings. The van der Waals surface area contributed by atoms with E-state index in [1.54, 1.807) is 18.2 Å². The molecule has 0 saturated heterocycles. The number of hydrogen-bond acceptors (Lipinski definition) is 1. The minimum atomic E-state index is -0.222. The van der Waals surface area contributed by atoms with E-state index >= 15 is 0 Å². The average Bonchev–Trinajstić information content (AvgIpc) is 2.38. The number of carbonyl (C=O) groups is 1. The molecule has 3 nitrogen and oxygen atoms in total. The molecule has 0 aliphatic carbocycles. The highest BCUT2D eigenvalue weighted by molar-refractivity contribution is 5.74. The second kappa shape index (κ2) is 7.69. The Bertz CT molecular complexity index is 378. The summed E-state index contributed by atoms with van der Waals surface area (Å²) in [6.07, 6.45) is 2.33. The molecule has 0 atom stereocenters. The lowest BCUT2D eigenvalue weighted by Crippen LogP contribution is -2.42. The molecule has 0 unspecified atom stereocenters. The van der Waals surface area contributed by atoms with Crippen LogP contribution in [0.1, 0.15) is 32.3 Å². The SMILES string of the molecule is CCC(CC)NC(=O)NCCc1ccccc1F. The maximum Gasteiger partial charge on any atom is 0.315 e. The summed E-state index contributed by atoms with van der Waals surface area (Å²) in [6, 6.07) is 6.64. The topological polar surface area (TPSA) is 41.1 Å². The van der Waals surface area contributed by atoms with Crippen LogP contribution in [0.4, 0.5) is 9.18 Å². The second-order valence-corrected chi connectivity index (χ2v) is 4.26. The molecule has 0 fully saturated rings.